The van der Waals surface area contributed by atoms with Gasteiger partial charge in [0.15, 0.2) is 5.96 Å². The van der Waals surface area contributed by atoms with Gasteiger partial charge in [-0.2, -0.15) is 0 Å². The Hall–Kier alpha value is -1.58. The molecule has 0 bridgehead atoms. The van der Waals surface area contributed by atoms with E-state index in [-0.39, 0.29) is 29.9 Å². The second-order valence-corrected chi connectivity index (χ2v) is 6.35. The number of pyridine rings is 1. The van der Waals surface area contributed by atoms with Gasteiger partial charge in [0, 0.05) is 58.4 Å². The molecule has 1 amide bonds. The molecular formula is C19H33IN6O. The summed E-state index contributed by atoms with van der Waals surface area (Å²) in [6.45, 7) is 9.61. The van der Waals surface area contributed by atoms with Crippen LogP contribution in [0.2, 0.25) is 0 Å². The van der Waals surface area contributed by atoms with Crippen molar-refractivity contribution in [2.24, 2.45) is 4.99 Å². The van der Waals surface area contributed by atoms with Crippen molar-refractivity contribution in [3.63, 3.8) is 0 Å². The lowest BCUT2D eigenvalue weighted by Gasteiger charge is -2.35. The highest BCUT2D eigenvalue weighted by Crippen LogP contribution is 2.12. The number of halogens is 1. The van der Waals surface area contributed by atoms with Gasteiger partial charge in [-0.15, -0.1) is 24.0 Å². The van der Waals surface area contributed by atoms with Gasteiger partial charge in [0.2, 0.25) is 5.91 Å². The molecule has 0 saturated carbocycles. The zero-order valence-electron chi connectivity index (χ0n) is 16.5. The Bertz CT molecular complexity index is 561. The number of rotatable bonds is 8. The zero-order chi connectivity index (χ0) is 18.6. The molecule has 7 nitrogen and oxygen atoms in total. The van der Waals surface area contributed by atoms with E-state index in [9.17, 15) is 4.79 Å². The number of amides is 1. The number of anilines is 1. The van der Waals surface area contributed by atoms with E-state index in [1.54, 1.807) is 0 Å². The number of carbonyl (C=O) groups excluding carboxylic acids is 1. The molecule has 1 saturated heterocycles. The van der Waals surface area contributed by atoms with Crippen LogP contribution in [0.4, 0.5) is 5.82 Å². The van der Waals surface area contributed by atoms with Gasteiger partial charge >= 0.3 is 0 Å². The van der Waals surface area contributed by atoms with Gasteiger partial charge in [0.25, 0.3) is 0 Å². The molecule has 2 N–H and O–H groups in total. The van der Waals surface area contributed by atoms with Crippen molar-refractivity contribution < 1.29 is 4.79 Å². The van der Waals surface area contributed by atoms with Crippen LogP contribution in [0.5, 0.6) is 0 Å². The first-order valence-corrected chi connectivity index (χ1v) is 9.70. The van der Waals surface area contributed by atoms with E-state index in [4.69, 9.17) is 0 Å². The molecular weight excluding hydrogens is 455 g/mol. The molecule has 0 atom stereocenters. The molecule has 152 valence electrons. The van der Waals surface area contributed by atoms with E-state index in [1.807, 2.05) is 36.2 Å². The van der Waals surface area contributed by atoms with Gasteiger partial charge in [-0.05, 0) is 25.5 Å². The van der Waals surface area contributed by atoms with E-state index < -0.39 is 0 Å². The lowest BCUT2D eigenvalue weighted by Crippen LogP contribution is -2.49. The summed E-state index contributed by atoms with van der Waals surface area (Å²) in [5.41, 5.74) is 0. The van der Waals surface area contributed by atoms with Crippen molar-refractivity contribution in [3.8, 4) is 0 Å². The average molecular weight is 488 g/mol. The van der Waals surface area contributed by atoms with E-state index in [2.05, 4.69) is 32.4 Å². The molecule has 0 aromatic carbocycles. The minimum atomic E-state index is 0. The molecule has 1 aliphatic heterocycles. The first-order valence-electron chi connectivity index (χ1n) is 9.70. The van der Waals surface area contributed by atoms with Crippen molar-refractivity contribution in [2.45, 2.75) is 33.1 Å². The number of nitrogens with zero attached hydrogens (tertiary/aromatic N) is 4. The lowest BCUT2D eigenvalue weighted by molar-refractivity contribution is -0.131. The number of carbonyl (C=O) groups is 1. The fourth-order valence-electron chi connectivity index (χ4n) is 2.86. The molecule has 1 fully saturated rings. The summed E-state index contributed by atoms with van der Waals surface area (Å²) >= 11 is 0. The Labute approximate surface area is 180 Å². The molecule has 1 aromatic rings. The van der Waals surface area contributed by atoms with Crippen LogP contribution in [0.1, 0.15) is 33.1 Å². The maximum atomic E-state index is 12.4. The molecule has 0 aliphatic carbocycles. The largest absolute Gasteiger partial charge is 0.357 e. The molecule has 1 aromatic heterocycles. The average Bonchev–Trinajstić information content (AvgIpc) is 2.69. The maximum Gasteiger partial charge on any atom is 0.224 e. The topological polar surface area (TPSA) is 72.9 Å². The Kier molecular flexibility index (Phi) is 11.8. The molecule has 27 heavy (non-hydrogen) atoms. The molecule has 2 heterocycles. The maximum absolute atomic E-state index is 12.4. The standard InChI is InChI=1S/C19H32N6O.HI/c1-3-5-10-22-19(20-4-2)23-12-9-18(26)25-15-13-24(14-16-25)17-8-6-7-11-21-17;/h6-8,11H,3-5,9-10,12-16H2,1-2H3,(H2,20,22,23);1H. The predicted octanol–water partition coefficient (Wildman–Crippen LogP) is 2.09. The van der Waals surface area contributed by atoms with E-state index >= 15 is 0 Å². The Morgan fingerprint density at radius 1 is 1.19 bits per heavy atom. The Morgan fingerprint density at radius 2 is 1.96 bits per heavy atom. The van der Waals surface area contributed by atoms with Crippen LogP contribution in [-0.4, -0.2) is 67.6 Å². The van der Waals surface area contributed by atoms with Crippen molar-refractivity contribution >= 4 is 41.7 Å². The van der Waals surface area contributed by atoms with E-state index in [1.165, 1.54) is 0 Å². The number of guanidine groups is 1. The second-order valence-electron chi connectivity index (χ2n) is 6.35. The number of piperazine rings is 1. The number of hydrogen-bond donors (Lipinski definition) is 2. The molecule has 8 heteroatoms. The van der Waals surface area contributed by atoms with Gasteiger partial charge < -0.3 is 20.4 Å². The molecule has 2 rings (SSSR count). The van der Waals surface area contributed by atoms with Crippen molar-refractivity contribution in [1.29, 1.82) is 0 Å². The smallest absolute Gasteiger partial charge is 0.224 e. The van der Waals surface area contributed by atoms with Crippen molar-refractivity contribution in [2.75, 3.05) is 50.7 Å². The van der Waals surface area contributed by atoms with Gasteiger partial charge in [-0.3, -0.25) is 9.79 Å². The monoisotopic (exact) mass is 488 g/mol. The normalized spacial score (nSPS) is 14.5. The van der Waals surface area contributed by atoms with E-state index in [0.29, 0.717) is 13.0 Å². The molecule has 0 spiro atoms. The highest BCUT2D eigenvalue weighted by molar-refractivity contribution is 14.0. The summed E-state index contributed by atoms with van der Waals surface area (Å²) in [6.07, 6.45) is 4.51. The minimum absolute atomic E-state index is 0. The minimum Gasteiger partial charge on any atom is -0.357 e. The third-order valence-corrected chi connectivity index (χ3v) is 4.36. The first-order chi connectivity index (χ1) is 12.7. The van der Waals surface area contributed by atoms with Crippen LogP contribution < -0.4 is 15.5 Å². The highest BCUT2D eigenvalue weighted by Gasteiger charge is 2.21. The van der Waals surface area contributed by atoms with Crippen molar-refractivity contribution in [1.82, 2.24) is 20.5 Å². The van der Waals surface area contributed by atoms with Crippen LogP contribution >= 0.6 is 24.0 Å². The third-order valence-electron chi connectivity index (χ3n) is 4.36. The third kappa shape index (κ3) is 8.32. The number of hydrogen-bond acceptors (Lipinski definition) is 4. The van der Waals surface area contributed by atoms with Crippen molar-refractivity contribution in [3.05, 3.63) is 24.4 Å². The molecule has 0 radical (unpaired) electrons. The summed E-state index contributed by atoms with van der Waals surface area (Å²) in [5, 5.41) is 6.47. The highest BCUT2D eigenvalue weighted by atomic mass is 127. The SMILES string of the molecule is CCCCN=C(NCC)NCCC(=O)N1CCN(c2ccccn2)CC1.I. The van der Waals surface area contributed by atoms with Crippen LogP contribution in [0.15, 0.2) is 29.4 Å². The molecule has 0 unspecified atom stereocenters. The van der Waals surface area contributed by atoms with Crippen LogP contribution in [0, 0.1) is 0 Å². The quantitative estimate of drug-likeness (QED) is 0.254. The van der Waals surface area contributed by atoms with Crippen LogP contribution in [0.3, 0.4) is 0 Å². The van der Waals surface area contributed by atoms with Gasteiger partial charge in [0.1, 0.15) is 5.82 Å². The number of nitrogens with one attached hydrogen (secondary N) is 2. The summed E-state index contributed by atoms with van der Waals surface area (Å²) < 4.78 is 0. The second kappa shape index (κ2) is 13.6. The Balaban J connectivity index is 0.00000364. The van der Waals surface area contributed by atoms with Gasteiger partial charge in [0.05, 0.1) is 0 Å². The van der Waals surface area contributed by atoms with Crippen LogP contribution in [0.25, 0.3) is 0 Å². The number of unbranched alkanes of at least 4 members (excludes halogenated alkanes) is 1. The Morgan fingerprint density at radius 3 is 2.59 bits per heavy atom. The summed E-state index contributed by atoms with van der Waals surface area (Å²) in [7, 11) is 0. The fourth-order valence-corrected chi connectivity index (χ4v) is 2.86. The summed E-state index contributed by atoms with van der Waals surface area (Å²) in [4.78, 5) is 25.5. The summed E-state index contributed by atoms with van der Waals surface area (Å²) in [5.74, 6) is 1.98. The number of aromatic nitrogens is 1. The fraction of sp³-hybridized carbons (Fsp3) is 0.632. The van der Waals surface area contributed by atoms with Crippen LogP contribution in [-0.2, 0) is 4.79 Å². The number of aliphatic imine (C=N–C) groups is 1. The summed E-state index contributed by atoms with van der Waals surface area (Å²) in [6, 6.07) is 5.93. The lowest BCUT2D eigenvalue weighted by atomic mass is 10.2. The predicted molar refractivity (Wildman–Crippen MR) is 122 cm³/mol. The van der Waals surface area contributed by atoms with Gasteiger partial charge in [-0.25, -0.2) is 4.98 Å². The zero-order valence-corrected chi connectivity index (χ0v) is 18.8. The molecule has 1 aliphatic rings. The van der Waals surface area contributed by atoms with Gasteiger partial charge in [-0.1, -0.05) is 19.4 Å². The van der Waals surface area contributed by atoms with E-state index in [0.717, 1.165) is 63.9 Å². The first kappa shape index (κ1) is 23.5.